The number of aliphatic hydroxyl groups excluding tert-OH is 1. The van der Waals surface area contributed by atoms with Gasteiger partial charge in [0, 0.05) is 22.9 Å². The van der Waals surface area contributed by atoms with Gasteiger partial charge in [-0.25, -0.2) is 4.79 Å². The zero-order valence-electron chi connectivity index (χ0n) is 19.3. The van der Waals surface area contributed by atoms with E-state index in [9.17, 15) is 24.6 Å². The number of hydrogen-bond acceptors (Lipinski definition) is 6. The van der Waals surface area contributed by atoms with Crippen LogP contribution in [0.4, 0.5) is 5.69 Å². The number of carboxylic acid groups (broad SMARTS) is 1. The molecule has 0 spiro atoms. The van der Waals surface area contributed by atoms with Crippen molar-refractivity contribution in [1.82, 2.24) is 0 Å². The topological polar surface area (TPSA) is 113 Å². The van der Waals surface area contributed by atoms with E-state index in [1.165, 1.54) is 43.4 Å². The molecule has 2 N–H and O–H groups in total. The molecule has 1 aliphatic heterocycles. The zero-order valence-corrected chi connectivity index (χ0v) is 19.3. The van der Waals surface area contributed by atoms with Crippen molar-refractivity contribution in [3.05, 3.63) is 94.6 Å². The summed E-state index contributed by atoms with van der Waals surface area (Å²) < 4.78 is 10.8. The molecule has 0 aromatic heterocycles. The molecule has 0 saturated carbocycles. The zero-order chi connectivity index (χ0) is 25.3. The van der Waals surface area contributed by atoms with E-state index in [4.69, 9.17) is 9.47 Å². The maximum absolute atomic E-state index is 13.3. The number of carbonyl (C=O) groups is 3. The Hall–Kier alpha value is -4.59. The lowest BCUT2D eigenvalue weighted by Crippen LogP contribution is -2.29. The van der Waals surface area contributed by atoms with Crippen molar-refractivity contribution in [1.29, 1.82) is 0 Å². The van der Waals surface area contributed by atoms with Gasteiger partial charge in [-0.05, 0) is 37.3 Å². The predicted molar refractivity (Wildman–Crippen MR) is 129 cm³/mol. The number of hydrogen-bond donors (Lipinski definition) is 2. The minimum absolute atomic E-state index is 0.0524. The van der Waals surface area contributed by atoms with Gasteiger partial charge in [0.15, 0.2) is 0 Å². The number of Topliss-reactive ketones (excluding diaryl/α,β-unsaturated/α-hetero) is 1. The molecule has 0 bridgehead atoms. The summed E-state index contributed by atoms with van der Waals surface area (Å²) in [4.78, 5) is 39.4. The summed E-state index contributed by atoms with van der Waals surface area (Å²) >= 11 is 0. The third-order valence-corrected chi connectivity index (χ3v) is 5.88. The Balaban J connectivity index is 2.00. The molecular formula is C27H23NO7. The summed E-state index contributed by atoms with van der Waals surface area (Å²) in [5, 5.41) is 20.7. The van der Waals surface area contributed by atoms with Crippen LogP contribution in [0.2, 0.25) is 0 Å². The molecule has 1 amide bonds. The van der Waals surface area contributed by atoms with E-state index in [2.05, 4.69) is 0 Å². The van der Waals surface area contributed by atoms with Crippen LogP contribution >= 0.6 is 0 Å². The smallest absolute Gasteiger partial charge is 0.335 e. The highest BCUT2D eigenvalue weighted by Gasteiger charge is 2.48. The van der Waals surface area contributed by atoms with E-state index < -0.39 is 23.7 Å². The number of aliphatic hydroxyl groups is 1. The summed E-state index contributed by atoms with van der Waals surface area (Å²) in [5.74, 6) is -2.50. The quantitative estimate of drug-likeness (QED) is 0.311. The number of rotatable bonds is 6. The molecule has 1 unspecified atom stereocenters. The minimum Gasteiger partial charge on any atom is -0.507 e. The number of anilines is 1. The van der Waals surface area contributed by atoms with Crippen LogP contribution in [0.1, 0.15) is 33.1 Å². The van der Waals surface area contributed by atoms with Gasteiger partial charge in [-0.15, -0.1) is 0 Å². The lowest BCUT2D eigenvalue weighted by molar-refractivity contribution is -0.132. The third-order valence-electron chi connectivity index (χ3n) is 5.88. The van der Waals surface area contributed by atoms with Crippen LogP contribution in [-0.2, 0) is 9.59 Å². The first-order chi connectivity index (χ1) is 16.8. The summed E-state index contributed by atoms with van der Waals surface area (Å²) in [5.41, 5.74) is 1.75. The van der Waals surface area contributed by atoms with E-state index in [0.29, 0.717) is 22.6 Å². The Labute approximate surface area is 201 Å². The molecule has 35 heavy (non-hydrogen) atoms. The second kappa shape index (κ2) is 9.34. The third kappa shape index (κ3) is 4.21. The maximum Gasteiger partial charge on any atom is 0.335 e. The molecule has 1 heterocycles. The number of ketones is 1. The van der Waals surface area contributed by atoms with Crippen LogP contribution in [-0.4, -0.2) is 42.1 Å². The van der Waals surface area contributed by atoms with Gasteiger partial charge < -0.3 is 19.7 Å². The van der Waals surface area contributed by atoms with Crippen LogP contribution in [0.5, 0.6) is 11.5 Å². The second-order valence-electron chi connectivity index (χ2n) is 8.00. The summed E-state index contributed by atoms with van der Waals surface area (Å²) in [6, 6.07) is 16.4. The first-order valence-electron chi connectivity index (χ1n) is 10.7. The summed E-state index contributed by atoms with van der Waals surface area (Å²) in [6.45, 7) is 1.89. The highest BCUT2D eigenvalue weighted by molar-refractivity contribution is 6.51. The number of carboxylic acids is 1. The van der Waals surface area contributed by atoms with Gasteiger partial charge >= 0.3 is 5.97 Å². The van der Waals surface area contributed by atoms with Gasteiger partial charge in [0.05, 0.1) is 31.4 Å². The maximum atomic E-state index is 13.3. The number of carbonyl (C=O) groups excluding carboxylic acids is 2. The normalized spacial score (nSPS) is 16.9. The molecule has 1 atom stereocenters. The van der Waals surface area contributed by atoms with Gasteiger partial charge in [-0.1, -0.05) is 35.9 Å². The first-order valence-corrected chi connectivity index (χ1v) is 10.7. The van der Waals surface area contributed by atoms with Crippen molar-refractivity contribution in [2.75, 3.05) is 19.1 Å². The van der Waals surface area contributed by atoms with Crippen LogP contribution in [0.25, 0.3) is 5.76 Å². The SMILES string of the molecule is COc1ccc(C2/C(=C(\O)c3ccc(C)cc3)C(=O)C(=O)N2c2cccc(C(=O)O)c2)c(OC)c1. The largest absolute Gasteiger partial charge is 0.507 e. The van der Waals surface area contributed by atoms with Crippen LogP contribution in [0.3, 0.4) is 0 Å². The number of amides is 1. The Kier molecular flexibility index (Phi) is 6.29. The van der Waals surface area contributed by atoms with Crippen molar-refractivity contribution in [2.45, 2.75) is 13.0 Å². The predicted octanol–water partition coefficient (Wildman–Crippen LogP) is 4.34. The molecule has 178 valence electrons. The van der Waals surface area contributed by atoms with Gasteiger partial charge in [0.2, 0.25) is 0 Å². The number of benzene rings is 3. The summed E-state index contributed by atoms with van der Waals surface area (Å²) in [7, 11) is 2.94. The van der Waals surface area contributed by atoms with E-state index in [1.54, 1.807) is 42.5 Å². The van der Waals surface area contributed by atoms with E-state index in [1.807, 2.05) is 6.92 Å². The van der Waals surface area contributed by atoms with Gasteiger partial charge in [0.1, 0.15) is 17.3 Å². The second-order valence-corrected chi connectivity index (χ2v) is 8.00. The standard InChI is InChI=1S/C27H23NO7/c1-15-7-9-16(10-8-15)24(29)22-23(20-12-11-19(34-2)14-21(20)35-3)28(26(31)25(22)30)18-6-4-5-17(13-18)27(32)33/h4-14,23,29H,1-3H3,(H,32,33)/b24-22+. The summed E-state index contributed by atoms with van der Waals surface area (Å²) in [6.07, 6.45) is 0. The lowest BCUT2D eigenvalue weighted by Gasteiger charge is -2.27. The molecule has 1 aliphatic rings. The van der Waals surface area contributed by atoms with Gasteiger partial charge in [0.25, 0.3) is 11.7 Å². The molecule has 4 rings (SSSR count). The Morgan fingerprint density at radius 1 is 0.886 bits per heavy atom. The molecule has 1 saturated heterocycles. The highest BCUT2D eigenvalue weighted by atomic mass is 16.5. The van der Waals surface area contributed by atoms with Crippen molar-refractivity contribution >= 4 is 29.1 Å². The molecule has 0 aliphatic carbocycles. The van der Waals surface area contributed by atoms with Gasteiger partial charge in [-0.3, -0.25) is 14.5 Å². The molecule has 0 radical (unpaired) electrons. The minimum atomic E-state index is -1.18. The van der Waals surface area contributed by atoms with Crippen LogP contribution < -0.4 is 14.4 Å². The molecule has 8 heteroatoms. The highest BCUT2D eigenvalue weighted by Crippen LogP contribution is 2.45. The van der Waals surface area contributed by atoms with Crippen LogP contribution in [0, 0.1) is 6.92 Å². The van der Waals surface area contributed by atoms with Crippen molar-refractivity contribution in [3.8, 4) is 11.5 Å². The number of ether oxygens (including phenoxy) is 2. The Morgan fingerprint density at radius 3 is 2.23 bits per heavy atom. The van der Waals surface area contributed by atoms with Crippen molar-refractivity contribution < 1.29 is 34.1 Å². The average Bonchev–Trinajstić information content (AvgIpc) is 3.13. The van der Waals surface area contributed by atoms with Crippen molar-refractivity contribution in [2.24, 2.45) is 0 Å². The molecule has 8 nitrogen and oxygen atoms in total. The number of methoxy groups -OCH3 is 2. The molecule has 3 aromatic carbocycles. The molecule has 1 fully saturated rings. The fourth-order valence-corrected chi connectivity index (χ4v) is 4.09. The Morgan fingerprint density at radius 2 is 1.60 bits per heavy atom. The fraction of sp³-hybridized carbons (Fsp3) is 0.148. The number of aromatic carboxylic acids is 1. The molecule has 3 aromatic rings. The van der Waals surface area contributed by atoms with E-state index in [0.717, 1.165) is 5.56 Å². The fourth-order valence-electron chi connectivity index (χ4n) is 4.09. The van der Waals surface area contributed by atoms with E-state index >= 15 is 0 Å². The average molecular weight is 473 g/mol. The Bertz CT molecular complexity index is 1360. The molecular weight excluding hydrogens is 450 g/mol. The lowest BCUT2D eigenvalue weighted by atomic mass is 9.94. The number of nitrogens with zero attached hydrogens (tertiary/aromatic N) is 1. The van der Waals surface area contributed by atoms with E-state index in [-0.39, 0.29) is 22.6 Å². The van der Waals surface area contributed by atoms with Gasteiger partial charge in [-0.2, -0.15) is 0 Å². The van der Waals surface area contributed by atoms with Crippen LogP contribution in [0.15, 0.2) is 72.3 Å². The van der Waals surface area contributed by atoms with Crippen molar-refractivity contribution in [3.63, 3.8) is 0 Å². The first kappa shape index (κ1) is 23.6. The monoisotopic (exact) mass is 473 g/mol. The number of aryl methyl sites for hydroxylation is 1.